The third-order valence-electron chi connectivity index (χ3n) is 8.52. The van der Waals surface area contributed by atoms with E-state index >= 15 is 0 Å². The number of hydrogen-bond acceptors (Lipinski definition) is 5. The van der Waals surface area contributed by atoms with Crippen LogP contribution >= 0.6 is 0 Å². The van der Waals surface area contributed by atoms with Gasteiger partial charge in [-0.15, -0.1) is 0 Å². The van der Waals surface area contributed by atoms with E-state index in [0.717, 1.165) is 57.7 Å². The molecule has 2 aromatic rings. The van der Waals surface area contributed by atoms with Gasteiger partial charge in [0.1, 0.15) is 5.82 Å². The van der Waals surface area contributed by atoms with Crippen LogP contribution in [0.1, 0.15) is 68.8 Å². The smallest absolute Gasteiger partial charge is 0.315 e. The van der Waals surface area contributed by atoms with Crippen molar-refractivity contribution in [3.05, 3.63) is 52.1 Å². The number of nitrogens with zero attached hydrogens (tertiary/aromatic N) is 5. The van der Waals surface area contributed by atoms with Crippen LogP contribution in [0, 0.1) is 0 Å². The van der Waals surface area contributed by atoms with E-state index in [0.29, 0.717) is 30.2 Å². The highest BCUT2D eigenvalue weighted by molar-refractivity contribution is 6.01. The SMILES string of the molecule is O=C1N(c2ccccc2)c2nc(CCN3CCCCC3)[nH]c(=O)c2C2C(N3CCCC3)CCCCN12. The van der Waals surface area contributed by atoms with Gasteiger partial charge in [0.2, 0.25) is 0 Å². The van der Waals surface area contributed by atoms with Gasteiger partial charge in [0.25, 0.3) is 5.56 Å². The van der Waals surface area contributed by atoms with Crippen molar-refractivity contribution >= 4 is 17.5 Å². The third-order valence-corrected chi connectivity index (χ3v) is 8.52. The number of carbonyl (C=O) groups is 1. The van der Waals surface area contributed by atoms with Crippen molar-refractivity contribution in [2.45, 2.75) is 69.9 Å². The molecule has 4 aliphatic heterocycles. The van der Waals surface area contributed by atoms with Crippen molar-refractivity contribution < 1.29 is 4.79 Å². The van der Waals surface area contributed by atoms with Gasteiger partial charge >= 0.3 is 6.03 Å². The predicted octanol–water partition coefficient (Wildman–Crippen LogP) is 4.06. The van der Waals surface area contributed by atoms with E-state index in [1.54, 1.807) is 4.90 Å². The van der Waals surface area contributed by atoms with Crippen LogP contribution in [0.2, 0.25) is 0 Å². The summed E-state index contributed by atoms with van der Waals surface area (Å²) in [6.07, 6.45) is 9.87. The van der Waals surface area contributed by atoms with Crippen molar-refractivity contribution in [3.63, 3.8) is 0 Å². The number of urea groups is 1. The molecule has 2 atom stereocenters. The number of carbonyl (C=O) groups excluding carboxylic acids is 1. The van der Waals surface area contributed by atoms with Gasteiger partial charge in [0, 0.05) is 25.6 Å². The molecule has 0 radical (unpaired) electrons. The molecule has 6 rings (SSSR count). The van der Waals surface area contributed by atoms with Crippen LogP contribution in [0.5, 0.6) is 0 Å². The average molecular weight is 491 g/mol. The number of H-pyrrole nitrogens is 1. The Balaban J connectivity index is 1.43. The fraction of sp³-hybridized carbons (Fsp3) is 0.607. The Morgan fingerprint density at radius 1 is 0.861 bits per heavy atom. The lowest BCUT2D eigenvalue weighted by molar-refractivity contribution is 0.114. The number of nitrogens with one attached hydrogen (secondary N) is 1. The molecule has 0 bridgehead atoms. The van der Waals surface area contributed by atoms with Crippen molar-refractivity contribution in [2.75, 3.05) is 44.2 Å². The second-order valence-corrected chi connectivity index (χ2v) is 10.8. The minimum atomic E-state index is -0.250. The molecule has 0 saturated carbocycles. The maximum absolute atomic E-state index is 14.1. The average Bonchev–Trinajstić information content (AvgIpc) is 3.35. The maximum atomic E-state index is 14.1. The Morgan fingerprint density at radius 3 is 2.36 bits per heavy atom. The van der Waals surface area contributed by atoms with E-state index in [2.05, 4.69) is 14.8 Å². The van der Waals surface area contributed by atoms with E-state index in [1.165, 1.54) is 32.1 Å². The molecule has 36 heavy (non-hydrogen) atoms. The lowest BCUT2D eigenvalue weighted by Crippen LogP contribution is -2.55. The predicted molar refractivity (Wildman–Crippen MR) is 141 cm³/mol. The first-order valence-electron chi connectivity index (χ1n) is 14.0. The van der Waals surface area contributed by atoms with E-state index in [9.17, 15) is 9.59 Å². The number of rotatable bonds is 5. The van der Waals surface area contributed by atoms with Gasteiger partial charge in [0.05, 0.1) is 17.3 Å². The largest absolute Gasteiger partial charge is 0.330 e. The maximum Gasteiger partial charge on any atom is 0.330 e. The summed E-state index contributed by atoms with van der Waals surface area (Å²) in [5, 5.41) is 0. The van der Waals surface area contributed by atoms with Crippen LogP contribution in [0.25, 0.3) is 0 Å². The van der Waals surface area contributed by atoms with Crippen molar-refractivity contribution in [1.29, 1.82) is 0 Å². The Hall–Kier alpha value is -2.71. The number of aromatic amines is 1. The molecule has 0 aliphatic carbocycles. The lowest BCUT2D eigenvalue weighted by atomic mass is 9.93. The molecule has 1 aromatic heterocycles. The molecule has 192 valence electrons. The summed E-state index contributed by atoms with van der Waals surface area (Å²) in [6.45, 7) is 5.86. The summed E-state index contributed by atoms with van der Waals surface area (Å²) < 4.78 is 0. The summed E-state index contributed by atoms with van der Waals surface area (Å²) >= 11 is 0. The Labute approximate surface area is 213 Å². The number of benzene rings is 1. The first-order chi connectivity index (χ1) is 17.7. The molecule has 0 spiro atoms. The zero-order valence-electron chi connectivity index (χ0n) is 21.2. The van der Waals surface area contributed by atoms with Gasteiger partial charge in [-0.3, -0.25) is 9.69 Å². The Morgan fingerprint density at radius 2 is 1.58 bits per heavy atom. The second-order valence-electron chi connectivity index (χ2n) is 10.8. The molecule has 1 aromatic carbocycles. The number of hydrogen-bond donors (Lipinski definition) is 1. The van der Waals surface area contributed by atoms with E-state index < -0.39 is 0 Å². The quantitative estimate of drug-likeness (QED) is 0.684. The molecule has 8 heteroatoms. The number of para-hydroxylation sites is 1. The monoisotopic (exact) mass is 490 g/mol. The van der Waals surface area contributed by atoms with Crippen LogP contribution in [-0.4, -0.2) is 76.0 Å². The normalized spacial score (nSPS) is 25.5. The van der Waals surface area contributed by atoms with Crippen LogP contribution < -0.4 is 10.5 Å². The zero-order valence-corrected chi connectivity index (χ0v) is 21.2. The van der Waals surface area contributed by atoms with E-state index in [1.807, 2.05) is 35.2 Å². The van der Waals surface area contributed by atoms with Gasteiger partial charge in [-0.05, 0) is 76.8 Å². The summed E-state index contributed by atoms with van der Waals surface area (Å²) in [6, 6.07) is 9.57. The molecule has 3 fully saturated rings. The topological polar surface area (TPSA) is 75.8 Å². The second kappa shape index (κ2) is 10.3. The molecular weight excluding hydrogens is 452 g/mol. The van der Waals surface area contributed by atoms with Crippen LogP contribution in [0.4, 0.5) is 16.3 Å². The number of piperidine rings is 1. The van der Waals surface area contributed by atoms with Crippen molar-refractivity contribution in [2.24, 2.45) is 0 Å². The zero-order chi connectivity index (χ0) is 24.5. The Bertz CT molecular complexity index is 1120. The van der Waals surface area contributed by atoms with Crippen LogP contribution in [0.3, 0.4) is 0 Å². The minimum absolute atomic E-state index is 0.0510. The highest BCUT2D eigenvalue weighted by Gasteiger charge is 2.47. The van der Waals surface area contributed by atoms with Crippen molar-refractivity contribution in [1.82, 2.24) is 24.7 Å². The Kier molecular flexibility index (Phi) is 6.80. The minimum Gasteiger partial charge on any atom is -0.315 e. The first kappa shape index (κ1) is 23.7. The molecule has 3 saturated heterocycles. The van der Waals surface area contributed by atoms with Gasteiger partial charge in [0.15, 0.2) is 5.82 Å². The molecule has 4 aliphatic rings. The summed E-state index contributed by atoms with van der Waals surface area (Å²) in [5.74, 6) is 1.22. The number of amides is 2. The number of anilines is 2. The van der Waals surface area contributed by atoms with Crippen molar-refractivity contribution in [3.8, 4) is 0 Å². The highest BCUT2D eigenvalue weighted by Crippen LogP contribution is 2.43. The van der Waals surface area contributed by atoms with Gasteiger partial charge < -0.3 is 14.8 Å². The molecule has 8 nitrogen and oxygen atoms in total. The molecule has 5 heterocycles. The molecular formula is C28H38N6O2. The summed E-state index contributed by atoms with van der Waals surface area (Å²) in [5.41, 5.74) is 1.35. The fourth-order valence-electron chi connectivity index (χ4n) is 6.71. The van der Waals surface area contributed by atoms with Crippen LogP contribution in [0.15, 0.2) is 35.1 Å². The molecule has 2 amide bonds. The van der Waals surface area contributed by atoms with Crippen LogP contribution in [-0.2, 0) is 6.42 Å². The highest BCUT2D eigenvalue weighted by atomic mass is 16.2. The fourth-order valence-corrected chi connectivity index (χ4v) is 6.71. The lowest BCUT2D eigenvalue weighted by Gasteiger charge is -2.45. The third kappa shape index (κ3) is 4.45. The number of likely N-dealkylation sites (tertiary alicyclic amines) is 2. The first-order valence-corrected chi connectivity index (χ1v) is 14.0. The standard InChI is InChI=1S/C28H38N6O2/c35-27-24-25-22(32-17-9-10-18-32)13-5-8-19-33(25)28(36)34(21-11-3-1-4-12-21)26(24)29-23(30-27)14-20-31-15-6-2-7-16-31/h1,3-4,11-12,22,25H,2,5-10,13-20H2,(H,29,30,35). The summed E-state index contributed by atoms with van der Waals surface area (Å²) in [7, 11) is 0. The number of aromatic nitrogens is 2. The van der Waals surface area contributed by atoms with Gasteiger partial charge in [-0.2, -0.15) is 0 Å². The van der Waals surface area contributed by atoms with E-state index in [4.69, 9.17) is 4.98 Å². The molecule has 2 unspecified atom stereocenters. The van der Waals surface area contributed by atoms with Gasteiger partial charge in [-0.25, -0.2) is 14.7 Å². The number of fused-ring (bicyclic) bond motifs is 3. The molecule has 1 N–H and O–H groups in total. The van der Waals surface area contributed by atoms with E-state index in [-0.39, 0.29) is 23.7 Å². The summed E-state index contributed by atoms with van der Waals surface area (Å²) in [4.78, 5) is 44.8. The van der Waals surface area contributed by atoms with Gasteiger partial charge in [-0.1, -0.05) is 31.0 Å².